The third-order valence-corrected chi connectivity index (χ3v) is 5.13. The highest BCUT2D eigenvalue weighted by Gasteiger charge is 2.31. The molecule has 22 heavy (non-hydrogen) atoms. The van der Waals surface area contributed by atoms with Crippen LogP contribution in [0.1, 0.15) is 44.1 Å². The standard InChI is InChI=1S/C17H28N4O/c1-2-21-13-14(12-19-21)11-18-15-7-9-20(10-8-15)16-5-3-4-6-17(16)22/h2,12-13,15-18,22H,1,3-11H2/t16-,17+/m0/s1. The van der Waals surface area contributed by atoms with Gasteiger partial charge in [-0.1, -0.05) is 19.4 Å². The van der Waals surface area contributed by atoms with Crippen molar-refractivity contribution in [3.63, 3.8) is 0 Å². The highest BCUT2D eigenvalue weighted by Crippen LogP contribution is 2.25. The van der Waals surface area contributed by atoms with Gasteiger partial charge in [0.05, 0.1) is 12.3 Å². The van der Waals surface area contributed by atoms with Crippen LogP contribution in [0.25, 0.3) is 6.20 Å². The molecule has 1 saturated heterocycles. The number of hydrogen-bond acceptors (Lipinski definition) is 4. The third kappa shape index (κ3) is 3.77. The van der Waals surface area contributed by atoms with Crippen LogP contribution in [-0.2, 0) is 6.54 Å². The molecule has 0 spiro atoms. The first-order valence-corrected chi connectivity index (χ1v) is 8.57. The zero-order valence-corrected chi connectivity index (χ0v) is 13.3. The number of aliphatic hydroxyl groups is 1. The van der Waals surface area contributed by atoms with Crippen molar-refractivity contribution < 1.29 is 5.11 Å². The first-order chi connectivity index (χ1) is 10.8. The van der Waals surface area contributed by atoms with Gasteiger partial charge in [0.1, 0.15) is 0 Å². The third-order valence-electron chi connectivity index (χ3n) is 5.13. The number of aromatic nitrogens is 2. The maximum absolute atomic E-state index is 10.2. The zero-order chi connectivity index (χ0) is 15.4. The Labute approximate surface area is 133 Å². The molecule has 1 aliphatic carbocycles. The molecule has 2 fully saturated rings. The van der Waals surface area contributed by atoms with E-state index in [1.54, 1.807) is 10.9 Å². The molecule has 1 saturated carbocycles. The van der Waals surface area contributed by atoms with Crippen molar-refractivity contribution >= 4 is 6.20 Å². The Balaban J connectivity index is 1.42. The van der Waals surface area contributed by atoms with Gasteiger partial charge in [-0.2, -0.15) is 5.10 Å². The van der Waals surface area contributed by atoms with Crippen LogP contribution in [0, 0.1) is 0 Å². The fourth-order valence-electron chi connectivity index (χ4n) is 3.78. The number of nitrogens with one attached hydrogen (secondary N) is 1. The summed E-state index contributed by atoms with van der Waals surface area (Å²) in [7, 11) is 0. The molecule has 5 nitrogen and oxygen atoms in total. The Morgan fingerprint density at radius 3 is 2.73 bits per heavy atom. The van der Waals surface area contributed by atoms with Crippen LogP contribution in [-0.4, -0.2) is 51.1 Å². The predicted octanol–water partition coefficient (Wildman–Crippen LogP) is 1.84. The van der Waals surface area contributed by atoms with E-state index in [0.717, 1.165) is 26.1 Å². The second-order valence-electron chi connectivity index (χ2n) is 6.62. The second kappa shape index (κ2) is 7.40. The molecule has 1 aromatic heterocycles. The van der Waals surface area contributed by atoms with Gasteiger partial charge in [0.2, 0.25) is 0 Å². The van der Waals surface area contributed by atoms with Gasteiger partial charge in [-0.05, 0) is 25.7 Å². The Bertz CT molecular complexity index is 479. The maximum atomic E-state index is 10.2. The first-order valence-electron chi connectivity index (χ1n) is 8.57. The molecule has 5 heteroatoms. The normalized spacial score (nSPS) is 27.9. The minimum Gasteiger partial charge on any atom is -0.391 e. The molecule has 2 atom stereocenters. The summed E-state index contributed by atoms with van der Waals surface area (Å²) in [5, 5.41) is 18.0. The molecule has 1 aliphatic heterocycles. The van der Waals surface area contributed by atoms with Gasteiger partial charge in [-0.15, -0.1) is 0 Å². The second-order valence-corrected chi connectivity index (χ2v) is 6.62. The molecule has 0 radical (unpaired) electrons. The van der Waals surface area contributed by atoms with E-state index in [9.17, 15) is 5.11 Å². The van der Waals surface area contributed by atoms with Gasteiger partial charge in [0.15, 0.2) is 0 Å². The Hall–Kier alpha value is -1.17. The van der Waals surface area contributed by atoms with Crippen molar-refractivity contribution in [1.82, 2.24) is 20.0 Å². The maximum Gasteiger partial charge on any atom is 0.0695 e. The molecule has 0 aromatic carbocycles. The summed E-state index contributed by atoms with van der Waals surface area (Å²) in [6.07, 6.45) is 12.4. The highest BCUT2D eigenvalue weighted by molar-refractivity contribution is 5.17. The van der Waals surface area contributed by atoms with Crippen LogP contribution < -0.4 is 5.32 Å². The number of piperidine rings is 1. The summed E-state index contributed by atoms with van der Waals surface area (Å²) in [6.45, 7) is 6.78. The SMILES string of the molecule is C=Cn1cc(CNC2CCN([C@H]3CCCC[C@H]3O)CC2)cn1. The van der Waals surface area contributed by atoms with E-state index in [4.69, 9.17) is 0 Å². The fraction of sp³-hybridized carbons (Fsp3) is 0.706. The van der Waals surface area contributed by atoms with Crippen molar-refractivity contribution in [1.29, 1.82) is 0 Å². The molecular weight excluding hydrogens is 276 g/mol. The van der Waals surface area contributed by atoms with E-state index in [-0.39, 0.29) is 6.10 Å². The van der Waals surface area contributed by atoms with E-state index in [1.165, 1.54) is 37.7 Å². The fourth-order valence-corrected chi connectivity index (χ4v) is 3.78. The van der Waals surface area contributed by atoms with Crippen LogP contribution in [0.5, 0.6) is 0 Å². The zero-order valence-electron chi connectivity index (χ0n) is 13.3. The van der Waals surface area contributed by atoms with E-state index in [1.807, 2.05) is 12.4 Å². The van der Waals surface area contributed by atoms with Gasteiger partial charge >= 0.3 is 0 Å². The van der Waals surface area contributed by atoms with Crippen LogP contribution in [0.4, 0.5) is 0 Å². The van der Waals surface area contributed by atoms with Gasteiger partial charge < -0.3 is 10.4 Å². The van der Waals surface area contributed by atoms with Gasteiger partial charge in [0.25, 0.3) is 0 Å². The summed E-state index contributed by atoms with van der Waals surface area (Å²) in [5.41, 5.74) is 1.20. The van der Waals surface area contributed by atoms with Gasteiger partial charge in [-0.3, -0.25) is 4.90 Å². The highest BCUT2D eigenvalue weighted by atomic mass is 16.3. The molecule has 2 N–H and O–H groups in total. The lowest BCUT2D eigenvalue weighted by Crippen LogP contribution is -2.51. The van der Waals surface area contributed by atoms with Crippen molar-refractivity contribution in [3.05, 3.63) is 24.5 Å². The Kier molecular flexibility index (Phi) is 5.28. The number of aliphatic hydroxyl groups excluding tert-OH is 1. The lowest BCUT2D eigenvalue weighted by molar-refractivity contribution is 0.00714. The number of likely N-dealkylation sites (tertiary alicyclic amines) is 1. The van der Waals surface area contributed by atoms with E-state index in [0.29, 0.717) is 12.1 Å². The molecular formula is C17H28N4O. The van der Waals surface area contributed by atoms with Crippen LogP contribution in [0.2, 0.25) is 0 Å². The lowest BCUT2D eigenvalue weighted by atomic mass is 9.89. The van der Waals surface area contributed by atoms with Crippen LogP contribution >= 0.6 is 0 Å². The molecule has 0 amide bonds. The quantitative estimate of drug-likeness (QED) is 0.871. The first kappa shape index (κ1) is 15.7. The monoisotopic (exact) mass is 304 g/mol. The van der Waals surface area contributed by atoms with E-state index >= 15 is 0 Å². The summed E-state index contributed by atoms with van der Waals surface area (Å²) < 4.78 is 1.74. The van der Waals surface area contributed by atoms with Crippen molar-refractivity contribution in [2.24, 2.45) is 0 Å². The molecule has 0 unspecified atom stereocenters. The molecule has 2 aliphatic rings. The van der Waals surface area contributed by atoms with Crippen LogP contribution in [0.15, 0.2) is 19.0 Å². The average Bonchev–Trinajstić information content (AvgIpc) is 3.02. The van der Waals surface area contributed by atoms with Crippen molar-refractivity contribution in [2.75, 3.05) is 13.1 Å². The van der Waals surface area contributed by atoms with Gasteiger partial charge in [-0.25, -0.2) is 4.68 Å². The number of nitrogens with zero attached hydrogens (tertiary/aromatic N) is 3. The summed E-state index contributed by atoms with van der Waals surface area (Å²) >= 11 is 0. The minimum atomic E-state index is -0.108. The van der Waals surface area contributed by atoms with Crippen molar-refractivity contribution in [3.8, 4) is 0 Å². The molecule has 2 heterocycles. The molecule has 1 aromatic rings. The summed E-state index contributed by atoms with van der Waals surface area (Å²) in [6, 6.07) is 0.976. The van der Waals surface area contributed by atoms with Crippen LogP contribution in [0.3, 0.4) is 0 Å². The lowest BCUT2D eigenvalue weighted by Gasteiger charge is -2.41. The minimum absolute atomic E-state index is 0.108. The Morgan fingerprint density at radius 2 is 2.05 bits per heavy atom. The topological polar surface area (TPSA) is 53.3 Å². The summed E-state index contributed by atoms with van der Waals surface area (Å²) in [5.74, 6) is 0. The van der Waals surface area contributed by atoms with Crippen molar-refractivity contribution in [2.45, 2.75) is 63.3 Å². The molecule has 122 valence electrons. The van der Waals surface area contributed by atoms with Gasteiger partial charge in [0, 0.05) is 49.7 Å². The molecule has 3 rings (SSSR count). The number of rotatable bonds is 5. The molecule has 0 bridgehead atoms. The predicted molar refractivity (Wildman–Crippen MR) is 88.3 cm³/mol. The largest absolute Gasteiger partial charge is 0.391 e. The smallest absolute Gasteiger partial charge is 0.0695 e. The number of hydrogen-bond donors (Lipinski definition) is 2. The van der Waals surface area contributed by atoms with E-state index in [2.05, 4.69) is 21.9 Å². The Morgan fingerprint density at radius 1 is 1.27 bits per heavy atom. The van der Waals surface area contributed by atoms with E-state index < -0.39 is 0 Å². The summed E-state index contributed by atoms with van der Waals surface area (Å²) in [4.78, 5) is 2.51. The average molecular weight is 304 g/mol.